The second-order valence-electron chi connectivity index (χ2n) is 4.50. The molecule has 0 aliphatic heterocycles. The average Bonchev–Trinajstić information content (AvgIpc) is 2.75. The monoisotopic (exact) mass is 266 g/mol. The van der Waals surface area contributed by atoms with E-state index in [1.807, 2.05) is 0 Å². The molecule has 1 aromatic heterocycles. The summed E-state index contributed by atoms with van der Waals surface area (Å²) >= 11 is 0. The van der Waals surface area contributed by atoms with E-state index in [9.17, 15) is 4.39 Å². The lowest BCUT2D eigenvalue weighted by atomic mass is 10.1. The summed E-state index contributed by atoms with van der Waals surface area (Å²) < 4.78 is 15.7. The smallest absolute Gasteiger partial charge is 0.206 e. The Bertz CT molecular complexity index is 838. The summed E-state index contributed by atoms with van der Waals surface area (Å²) in [4.78, 5) is 4.19. The lowest BCUT2D eigenvalue weighted by Gasteiger charge is -2.10. The van der Waals surface area contributed by atoms with Crippen molar-refractivity contribution in [2.75, 3.05) is 5.73 Å². The van der Waals surface area contributed by atoms with Gasteiger partial charge in [-0.2, -0.15) is 5.26 Å². The number of aromatic nitrogens is 2. The van der Waals surface area contributed by atoms with Crippen molar-refractivity contribution in [2.24, 2.45) is 0 Å². The molecule has 0 spiro atoms. The molecule has 0 atom stereocenters. The zero-order valence-corrected chi connectivity index (χ0v) is 10.8. The van der Waals surface area contributed by atoms with Gasteiger partial charge in [-0.15, -0.1) is 0 Å². The Balaban J connectivity index is 2.44. The van der Waals surface area contributed by atoms with Gasteiger partial charge in [-0.1, -0.05) is 18.2 Å². The normalized spacial score (nSPS) is 10.7. The van der Waals surface area contributed by atoms with Gasteiger partial charge in [0.1, 0.15) is 17.4 Å². The molecule has 98 valence electrons. The lowest BCUT2D eigenvalue weighted by molar-refractivity contribution is 0.618. The number of fused-ring (bicyclic) bond motifs is 1. The molecule has 1 heterocycles. The Morgan fingerprint density at radius 3 is 2.70 bits per heavy atom. The molecule has 0 fully saturated rings. The van der Waals surface area contributed by atoms with Crippen molar-refractivity contribution >= 4 is 17.0 Å². The third-order valence-electron chi connectivity index (χ3n) is 3.24. The first kappa shape index (κ1) is 12.2. The number of nitrogens with zero attached hydrogens (tertiary/aromatic N) is 3. The molecule has 0 saturated heterocycles. The summed E-state index contributed by atoms with van der Waals surface area (Å²) in [7, 11) is 0. The second-order valence-corrected chi connectivity index (χ2v) is 4.50. The van der Waals surface area contributed by atoms with E-state index in [0.29, 0.717) is 22.3 Å². The highest BCUT2D eigenvalue weighted by Gasteiger charge is 2.16. The molecule has 0 bridgehead atoms. The maximum Gasteiger partial charge on any atom is 0.206 e. The first-order valence-electron chi connectivity index (χ1n) is 6.06. The van der Waals surface area contributed by atoms with Crippen LogP contribution in [0.4, 0.5) is 10.3 Å². The van der Waals surface area contributed by atoms with Gasteiger partial charge in [0.15, 0.2) is 0 Å². The highest BCUT2D eigenvalue weighted by Crippen LogP contribution is 2.28. The minimum absolute atomic E-state index is 0.163. The van der Waals surface area contributed by atoms with Crippen LogP contribution in [0.1, 0.15) is 11.1 Å². The van der Waals surface area contributed by atoms with Crippen LogP contribution in [0, 0.1) is 24.1 Å². The van der Waals surface area contributed by atoms with E-state index in [1.54, 1.807) is 41.8 Å². The van der Waals surface area contributed by atoms with Crippen LogP contribution in [0.3, 0.4) is 0 Å². The predicted octanol–water partition coefficient (Wildman–Crippen LogP) is 2.93. The van der Waals surface area contributed by atoms with Crippen molar-refractivity contribution in [3.63, 3.8) is 0 Å². The first-order valence-corrected chi connectivity index (χ1v) is 6.06. The number of nitrogens with two attached hydrogens (primary N) is 1. The van der Waals surface area contributed by atoms with Crippen LogP contribution in [-0.2, 0) is 0 Å². The van der Waals surface area contributed by atoms with Crippen molar-refractivity contribution in [1.29, 1.82) is 5.26 Å². The lowest BCUT2D eigenvalue weighted by Crippen LogP contribution is -2.04. The number of para-hydroxylation sites is 2. The molecule has 0 radical (unpaired) electrons. The Kier molecular flexibility index (Phi) is 2.65. The summed E-state index contributed by atoms with van der Waals surface area (Å²) in [6.45, 7) is 1.80. The van der Waals surface area contributed by atoms with Crippen LogP contribution in [0.25, 0.3) is 16.7 Å². The fraction of sp³-hybridized carbons (Fsp3) is 0.0667. The SMILES string of the molecule is Cc1cccc(F)c1-n1c(N)nc2c(C#N)cccc21. The fourth-order valence-corrected chi connectivity index (χ4v) is 2.35. The molecular formula is C15H11FN4. The summed E-state index contributed by atoms with van der Waals surface area (Å²) in [5, 5.41) is 9.10. The van der Waals surface area contributed by atoms with Gasteiger partial charge < -0.3 is 5.73 Å². The molecule has 4 nitrogen and oxygen atoms in total. The Morgan fingerprint density at radius 2 is 2.00 bits per heavy atom. The fourth-order valence-electron chi connectivity index (χ4n) is 2.35. The van der Waals surface area contributed by atoms with Gasteiger partial charge in [0.2, 0.25) is 5.95 Å². The number of nitrogen functional groups attached to an aromatic ring is 1. The third-order valence-corrected chi connectivity index (χ3v) is 3.24. The zero-order valence-electron chi connectivity index (χ0n) is 10.8. The maximum atomic E-state index is 14.1. The number of hydrogen-bond donors (Lipinski definition) is 1. The van der Waals surface area contributed by atoms with Crippen molar-refractivity contribution in [3.05, 3.63) is 53.3 Å². The van der Waals surface area contributed by atoms with Gasteiger partial charge in [-0.3, -0.25) is 4.57 Å². The molecule has 5 heteroatoms. The topological polar surface area (TPSA) is 67.6 Å². The van der Waals surface area contributed by atoms with E-state index in [2.05, 4.69) is 11.1 Å². The molecule has 3 rings (SSSR count). The van der Waals surface area contributed by atoms with E-state index >= 15 is 0 Å². The summed E-state index contributed by atoms with van der Waals surface area (Å²) in [6.07, 6.45) is 0. The van der Waals surface area contributed by atoms with E-state index < -0.39 is 0 Å². The quantitative estimate of drug-likeness (QED) is 0.736. The van der Waals surface area contributed by atoms with Crippen LogP contribution in [0.15, 0.2) is 36.4 Å². The molecule has 0 aliphatic rings. The van der Waals surface area contributed by atoms with Crippen LogP contribution < -0.4 is 5.73 Å². The van der Waals surface area contributed by atoms with Gasteiger partial charge in [-0.05, 0) is 30.7 Å². The third kappa shape index (κ3) is 1.62. The number of nitriles is 1. The number of halogens is 1. The van der Waals surface area contributed by atoms with E-state index in [0.717, 1.165) is 5.56 Å². The van der Waals surface area contributed by atoms with Gasteiger partial charge in [0, 0.05) is 0 Å². The number of rotatable bonds is 1. The standard InChI is InChI=1S/C15H11FN4/c1-9-4-2-6-11(16)14(9)20-12-7-3-5-10(8-17)13(12)19-15(20)18/h2-7H,1H3,(H2,18,19). The zero-order chi connectivity index (χ0) is 14.3. The number of hydrogen-bond acceptors (Lipinski definition) is 3. The molecule has 2 N–H and O–H groups in total. The van der Waals surface area contributed by atoms with E-state index in [1.165, 1.54) is 6.07 Å². The van der Waals surface area contributed by atoms with Crippen LogP contribution >= 0.6 is 0 Å². The highest BCUT2D eigenvalue weighted by atomic mass is 19.1. The summed E-state index contributed by atoms with van der Waals surface area (Å²) in [5.74, 6) is -0.214. The number of anilines is 1. The molecule has 0 amide bonds. The first-order chi connectivity index (χ1) is 9.63. The largest absolute Gasteiger partial charge is 0.369 e. The Labute approximate surface area is 114 Å². The van der Waals surface area contributed by atoms with Gasteiger partial charge >= 0.3 is 0 Å². The molecule has 20 heavy (non-hydrogen) atoms. The molecular weight excluding hydrogens is 255 g/mol. The van der Waals surface area contributed by atoms with Crippen LogP contribution in [0.5, 0.6) is 0 Å². The van der Waals surface area contributed by atoms with Gasteiger partial charge in [0.05, 0.1) is 16.8 Å². The molecule has 3 aromatic rings. The number of imidazole rings is 1. The Hall–Kier alpha value is -2.87. The number of benzene rings is 2. The van der Waals surface area contributed by atoms with E-state index in [-0.39, 0.29) is 11.8 Å². The van der Waals surface area contributed by atoms with Crippen molar-refractivity contribution in [2.45, 2.75) is 6.92 Å². The minimum Gasteiger partial charge on any atom is -0.369 e. The van der Waals surface area contributed by atoms with Crippen LogP contribution in [0.2, 0.25) is 0 Å². The molecule has 0 unspecified atom stereocenters. The van der Waals surface area contributed by atoms with Gasteiger partial charge in [-0.25, -0.2) is 9.37 Å². The van der Waals surface area contributed by atoms with Crippen molar-refractivity contribution < 1.29 is 4.39 Å². The van der Waals surface area contributed by atoms with Crippen molar-refractivity contribution in [1.82, 2.24) is 9.55 Å². The van der Waals surface area contributed by atoms with Crippen LogP contribution in [-0.4, -0.2) is 9.55 Å². The highest BCUT2D eigenvalue weighted by molar-refractivity contribution is 5.86. The summed E-state index contributed by atoms with van der Waals surface area (Å²) in [5.41, 5.74) is 8.55. The van der Waals surface area contributed by atoms with Gasteiger partial charge in [0.25, 0.3) is 0 Å². The van der Waals surface area contributed by atoms with Crippen molar-refractivity contribution in [3.8, 4) is 11.8 Å². The minimum atomic E-state index is -0.377. The average molecular weight is 266 g/mol. The molecule has 0 saturated carbocycles. The maximum absolute atomic E-state index is 14.1. The van der Waals surface area contributed by atoms with E-state index in [4.69, 9.17) is 11.0 Å². The summed E-state index contributed by atoms with van der Waals surface area (Å²) in [6, 6.07) is 12.0. The Morgan fingerprint density at radius 1 is 1.25 bits per heavy atom. The second kappa shape index (κ2) is 4.35. The number of aryl methyl sites for hydroxylation is 1. The molecule has 0 aliphatic carbocycles. The predicted molar refractivity (Wildman–Crippen MR) is 74.9 cm³/mol. The molecule has 2 aromatic carbocycles.